The van der Waals surface area contributed by atoms with Crippen LogP contribution < -0.4 is 10.1 Å². The first-order chi connectivity index (χ1) is 9.55. The summed E-state index contributed by atoms with van der Waals surface area (Å²) in [6.45, 7) is 2.69. The van der Waals surface area contributed by atoms with Crippen molar-refractivity contribution in [2.24, 2.45) is 5.92 Å². The van der Waals surface area contributed by atoms with Gasteiger partial charge in [0.15, 0.2) is 0 Å². The van der Waals surface area contributed by atoms with Crippen LogP contribution in [-0.2, 0) is 4.79 Å². The quantitative estimate of drug-likeness (QED) is 0.721. The summed E-state index contributed by atoms with van der Waals surface area (Å²) in [6.07, 6.45) is 2.66. The van der Waals surface area contributed by atoms with E-state index in [4.69, 9.17) is 21.4 Å². The number of carboxylic acid groups (broad SMARTS) is 1. The molecule has 1 rings (SSSR count). The fourth-order valence-electron chi connectivity index (χ4n) is 1.77. The third-order valence-electron chi connectivity index (χ3n) is 2.95. The molecule has 0 aliphatic carbocycles. The second-order valence-electron chi connectivity index (χ2n) is 4.34. The smallest absolute Gasteiger partial charge is 0.322 e. The molecular weight excluding hydrogens is 284 g/mol. The molecule has 1 aromatic heterocycles. The molecule has 0 aliphatic heterocycles. The minimum atomic E-state index is -0.759. The molecule has 0 aliphatic rings. The Balaban J connectivity index is 2.42. The van der Waals surface area contributed by atoms with Crippen molar-refractivity contribution in [3.63, 3.8) is 0 Å². The summed E-state index contributed by atoms with van der Waals surface area (Å²) in [5.74, 6) is -0.0434. The Morgan fingerprint density at radius 2 is 2.15 bits per heavy atom. The van der Waals surface area contributed by atoms with Gasteiger partial charge in [0.1, 0.15) is 0 Å². The molecule has 0 amide bonds. The molecule has 0 aromatic carbocycles. The molecule has 0 saturated heterocycles. The number of aliphatic carboxylic acids is 1. The summed E-state index contributed by atoms with van der Waals surface area (Å²) in [5.41, 5.74) is 0. The number of methoxy groups -OCH3 is 1. The first-order valence-electron chi connectivity index (χ1n) is 6.46. The van der Waals surface area contributed by atoms with E-state index in [1.165, 1.54) is 7.11 Å². The maximum Gasteiger partial charge on any atom is 0.322 e. The van der Waals surface area contributed by atoms with Gasteiger partial charge in [-0.1, -0.05) is 13.3 Å². The van der Waals surface area contributed by atoms with E-state index in [-0.39, 0.29) is 17.7 Å². The van der Waals surface area contributed by atoms with E-state index in [2.05, 4.69) is 27.2 Å². The van der Waals surface area contributed by atoms with E-state index < -0.39 is 5.97 Å². The lowest BCUT2D eigenvalue weighted by Gasteiger charge is -2.14. The van der Waals surface area contributed by atoms with E-state index in [0.717, 1.165) is 12.8 Å². The molecule has 8 heteroatoms. The zero-order valence-corrected chi connectivity index (χ0v) is 12.4. The first kappa shape index (κ1) is 16.4. The molecule has 0 saturated carbocycles. The van der Waals surface area contributed by atoms with Crippen LogP contribution in [0.4, 0.5) is 5.95 Å². The number of carbonyl (C=O) groups is 1. The highest BCUT2D eigenvalue weighted by molar-refractivity contribution is 6.28. The zero-order chi connectivity index (χ0) is 15.0. The predicted molar refractivity (Wildman–Crippen MR) is 75.1 cm³/mol. The minimum absolute atomic E-state index is 0.0669. The second kappa shape index (κ2) is 8.52. The molecule has 0 fully saturated rings. The largest absolute Gasteiger partial charge is 0.481 e. The Morgan fingerprint density at radius 3 is 2.75 bits per heavy atom. The molecule has 1 atom stereocenters. The number of nitrogens with one attached hydrogen (secondary N) is 1. The molecule has 1 unspecified atom stereocenters. The monoisotopic (exact) mass is 302 g/mol. The molecule has 0 bridgehead atoms. The Labute approximate surface area is 122 Å². The first-order valence-corrected chi connectivity index (χ1v) is 6.84. The summed E-state index contributed by atoms with van der Waals surface area (Å²) in [7, 11) is 1.45. The molecule has 7 nitrogen and oxygen atoms in total. The Bertz CT molecular complexity index is 445. The third-order valence-corrected chi connectivity index (χ3v) is 3.12. The van der Waals surface area contributed by atoms with E-state index in [1.54, 1.807) is 0 Å². The normalized spacial score (nSPS) is 11.9. The highest BCUT2D eigenvalue weighted by Crippen LogP contribution is 2.16. The Hall–Kier alpha value is -1.63. The number of halogens is 1. The number of aromatic nitrogens is 3. The van der Waals surface area contributed by atoms with Gasteiger partial charge in [0.2, 0.25) is 11.2 Å². The Kier molecular flexibility index (Phi) is 7.00. The summed E-state index contributed by atoms with van der Waals surface area (Å²) in [5, 5.41) is 11.8. The molecule has 2 N–H and O–H groups in total. The summed E-state index contributed by atoms with van der Waals surface area (Å²) in [4.78, 5) is 22.3. The van der Waals surface area contributed by atoms with Crippen LogP contribution in [0.15, 0.2) is 0 Å². The molecule has 1 aromatic rings. The lowest BCUT2D eigenvalue weighted by Crippen LogP contribution is -2.12. The average Bonchev–Trinajstić information content (AvgIpc) is 2.41. The van der Waals surface area contributed by atoms with Crippen molar-refractivity contribution in [1.29, 1.82) is 0 Å². The maximum atomic E-state index is 10.6. The van der Waals surface area contributed by atoms with E-state index in [9.17, 15) is 4.79 Å². The van der Waals surface area contributed by atoms with Crippen molar-refractivity contribution < 1.29 is 14.6 Å². The number of anilines is 1. The van der Waals surface area contributed by atoms with Crippen LogP contribution >= 0.6 is 11.6 Å². The number of ether oxygens (including phenoxy) is 1. The fraction of sp³-hybridized carbons (Fsp3) is 0.667. The molecular formula is C12H19ClN4O3. The van der Waals surface area contributed by atoms with Crippen LogP contribution in [-0.4, -0.2) is 39.7 Å². The van der Waals surface area contributed by atoms with Crippen molar-refractivity contribution in [3.8, 4) is 6.01 Å². The van der Waals surface area contributed by atoms with Gasteiger partial charge in [-0.25, -0.2) is 0 Å². The minimum Gasteiger partial charge on any atom is -0.481 e. The van der Waals surface area contributed by atoms with Crippen molar-refractivity contribution in [2.75, 3.05) is 19.0 Å². The van der Waals surface area contributed by atoms with Gasteiger partial charge in [0, 0.05) is 13.0 Å². The standard InChI is InChI=1S/C12H19ClN4O3/c1-3-8(4-5-9(18)19)6-7-14-11-15-10(13)16-12(17-11)20-2/h8H,3-7H2,1-2H3,(H,18,19)(H,14,15,16,17). The summed E-state index contributed by atoms with van der Waals surface area (Å²) in [6, 6.07) is 0.158. The maximum absolute atomic E-state index is 10.6. The molecule has 0 spiro atoms. The lowest BCUT2D eigenvalue weighted by atomic mass is 9.97. The zero-order valence-electron chi connectivity index (χ0n) is 11.6. The Morgan fingerprint density at radius 1 is 1.40 bits per heavy atom. The van der Waals surface area contributed by atoms with Crippen molar-refractivity contribution >= 4 is 23.5 Å². The van der Waals surface area contributed by atoms with Crippen LogP contribution in [0.1, 0.15) is 32.6 Å². The van der Waals surface area contributed by atoms with Gasteiger partial charge >= 0.3 is 12.0 Å². The summed E-state index contributed by atoms with van der Waals surface area (Å²) >= 11 is 5.73. The van der Waals surface area contributed by atoms with Crippen LogP contribution in [0.5, 0.6) is 6.01 Å². The predicted octanol–water partition coefficient (Wildman–Crippen LogP) is 2.23. The van der Waals surface area contributed by atoms with E-state index in [1.807, 2.05) is 0 Å². The number of rotatable bonds is 9. The average molecular weight is 303 g/mol. The molecule has 0 radical (unpaired) electrons. The van der Waals surface area contributed by atoms with Gasteiger partial charge < -0.3 is 15.2 Å². The van der Waals surface area contributed by atoms with Crippen molar-refractivity contribution in [1.82, 2.24) is 15.0 Å². The van der Waals surface area contributed by atoms with Gasteiger partial charge in [-0.15, -0.1) is 0 Å². The van der Waals surface area contributed by atoms with Crippen molar-refractivity contribution in [2.45, 2.75) is 32.6 Å². The number of hydrogen-bond donors (Lipinski definition) is 2. The molecule has 1 heterocycles. The fourth-order valence-corrected chi connectivity index (χ4v) is 1.92. The topological polar surface area (TPSA) is 97.2 Å². The second-order valence-corrected chi connectivity index (χ2v) is 4.67. The number of nitrogens with zero attached hydrogens (tertiary/aromatic N) is 3. The van der Waals surface area contributed by atoms with Crippen LogP contribution in [0.2, 0.25) is 5.28 Å². The van der Waals surface area contributed by atoms with E-state index in [0.29, 0.717) is 24.8 Å². The third kappa shape index (κ3) is 6.01. The highest BCUT2D eigenvalue weighted by Gasteiger charge is 2.10. The van der Waals surface area contributed by atoms with Crippen molar-refractivity contribution in [3.05, 3.63) is 5.28 Å². The number of hydrogen-bond acceptors (Lipinski definition) is 6. The SMILES string of the molecule is CCC(CCNc1nc(Cl)nc(OC)n1)CCC(=O)O. The molecule has 112 valence electrons. The van der Waals surface area contributed by atoms with Crippen LogP contribution in [0.3, 0.4) is 0 Å². The highest BCUT2D eigenvalue weighted by atomic mass is 35.5. The lowest BCUT2D eigenvalue weighted by molar-refractivity contribution is -0.137. The van der Waals surface area contributed by atoms with Gasteiger partial charge in [-0.2, -0.15) is 15.0 Å². The van der Waals surface area contributed by atoms with Gasteiger partial charge in [0.25, 0.3) is 0 Å². The summed E-state index contributed by atoms with van der Waals surface area (Å²) < 4.78 is 4.90. The van der Waals surface area contributed by atoms with Gasteiger partial charge in [0.05, 0.1) is 7.11 Å². The van der Waals surface area contributed by atoms with Gasteiger partial charge in [-0.05, 0) is 30.4 Å². The van der Waals surface area contributed by atoms with Crippen LogP contribution in [0, 0.1) is 5.92 Å². The van der Waals surface area contributed by atoms with Crippen LogP contribution in [0.25, 0.3) is 0 Å². The van der Waals surface area contributed by atoms with E-state index >= 15 is 0 Å². The van der Waals surface area contributed by atoms with Gasteiger partial charge in [-0.3, -0.25) is 4.79 Å². The molecule has 20 heavy (non-hydrogen) atoms. The number of carboxylic acids is 1.